The molecule has 2 heterocycles. The van der Waals surface area contributed by atoms with Crippen LogP contribution in [0.3, 0.4) is 0 Å². The number of hydrogen-bond acceptors (Lipinski definition) is 3. The van der Waals surface area contributed by atoms with Crippen LogP contribution in [0.2, 0.25) is 5.02 Å². The number of benzene rings is 2. The summed E-state index contributed by atoms with van der Waals surface area (Å²) in [5, 5.41) is 0.432. The summed E-state index contributed by atoms with van der Waals surface area (Å²) in [5.41, 5.74) is 4.09. The number of ether oxygens (including phenoxy) is 1. The second-order valence-electron chi connectivity index (χ2n) is 6.48. The van der Waals surface area contributed by atoms with E-state index in [0.717, 1.165) is 35.2 Å². The Bertz CT molecular complexity index is 891. The zero-order valence-electron chi connectivity index (χ0n) is 14.0. The van der Waals surface area contributed by atoms with Crippen LogP contribution in [0.25, 0.3) is 11.0 Å². The molecule has 130 valence electrons. The lowest BCUT2D eigenvalue weighted by molar-refractivity contribution is -0.0328. The van der Waals surface area contributed by atoms with Crippen LogP contribution >= 0.6 is 11.6 Å². The topological polar surface area (TPSA) is 30.3 Å². The largest absolute Gasteiger partial charge is 0.371 e. The fourth-order valence-corrected chi connectivity index (χ4v) is 3.60. The molecular weight excluding hydrogens is 341 g/mol. The third-order valence-electron chi connectivity index (χ3n) is 4.60. The zero-order valence-corrected chi connectivity index (χ0v) is 14.7. The summed E-state index contributed by atoms with van der Waals surface area (Å²) in [5.74, 6) is -0.297. The molecule has 4 nitrogen and oxygen atoms in total. The van der Waals surface area contributed by atoms with Crippen molar-refractivity contribution in [1.82, 2.24) is 14.5 Å². The Morgan fingerprint density at radius 1 is 1.28 bits per heavy atom. The van der Waals surface area contributed by atoms with E-state index in [1.165, 1.54) is 12.1 Å². The van der Waals surface area contributed by atoms with Crippen LogP contribution in [-0.2, 0) is 18.3 Å². The van der Waals surface area contributed by atoms with E-state index in [-0.39, 0.29) is 11.9 Å². The van der Waals surface area contributed by atoms with Crippen LogP contribution in [0, 0.1) is 5.82 Å². The monoisotopic (exact) mass is 359 g/mol. The second-order valence-corrected chi connectivity index (χ2v) is 6.91. The first-order chi connectivity index (χ1) is 12.1. The predicted octanol–water partition coefficient (Wildman–Crippen LogP) is 3.94. The molecule has 2 aromatic carbocycles. The number of rotatable bonds is 3. The number of aryl methyl sites for hydroxylation is 1. The van der Waals surface area contributed by atoms with E-state index in [4.69, 9.17) is 16.3 Å². The van der Waals surface area contributed by atoms with Crippen molar-refractivity contribution in [3.05, 3.63) is 64.7 Å². The lowest BCUT2D eigenvalue weighted by atomic mass is 10.1. The van der Waals surface area contributed by atoms with E-state index in [1.807, 2.05) is 30.1 Å². The van der Waals surface area contributed by atoms with Gasteiger partial charge in [-0.15, -0.1) is 0 Å². The Hall–Kier alpha value is -1.95. The molecule has 25 heavy (non-hydrogen) atoms. The summed E-state index contributed by atoms with van der Waals surface area (Å²) < 4.78 is 21.5. The highest BCUT2D eigenvalue weighted by molar-refractivity contribution is 6.30. The van der Waals surface area contributed by atoms with Gasteiger partial charge in [-0.25, -0.2) is 9.37 Å². The number of morpholine rings is 1. The molecule has 0 aliphatic carbocycles. The third-order valence-corrected chi connectivity index (χ3v) is 4.82. The highest BCUT2D eigenvalue weighted by Crippen LogP contribution is 2.26. The van der Waals surface area contributed by atoms with Crippen LogP contribution in [-0.4, -0.2) is 34.1 Å². The van der Waals surface area contributed by atoms with E-state index >= 15 is 0 Å². The molecule has 1 aliphatic heterocycles. The molecule has 0 radical (unpaired) electrons. The highest BCUT2D eigenvalue weighted by atomic mass is 35.5. The van der Waals surface area contributed by atoms with E-state index in [1.54, 1.807) is 0 Å². The number of hydrogen-bond donors (Lipinski definition) is 0. The van der Waals surface area contributed by atoms with Crippen molar-refractivity contribution in [2.24, 2.45) is 7.05 Å². The Kier molecular flexibility index (Phi) is 4.46. The molecule has 0 spiro atoms. The molecule has 0 N–H and O–H groups in total. The van der Waals surface area contributed by atoms with Gasteiger partial charge in [0.05, 0.1) is 30.1 Å². The second kappa shape index (κ2) is 6.75. The van der Waals surface area contributed by atoms with Crippen LogP contribution in [0.5, 0.6) is 0 Å². The molecule has 1 atom stereocenters. The van der Waals surface area contributed by atoms with Gasteiger partial charge in [0, 0.05) is 31.7 Å². The summed E-state index contributed by atoms with van der Waals surface area (Å²) in [6.07, 6.45) is 1.81. The molecule has 1 aliphatic rings. The molecule has 0 unspecified atom stereocenters. The van der Waals surface area contributed by atoms with Gasteiger partial charge in [0.25, 0.3) is 0 Å². The number of aromatic nitrogens is 2. The molecular formula is C19H19ClFN3O. The van der Waals surface area contributed by atoms with Crippen molar-refractivity contribution in [3.8, 4) is 0 Å². The van der Waals surface area contributed by atoms with Crippen molar-refractivity contribution in [2.45, 2.75) is 12.6 Å². The molecule has 0 bridgehead atoms. The van der Waals surface area contributed by atoms with Crippen LogP contribution < -0.4 is 0 Å². The summed E-state index contributed by atoms with van der Waals surface area (Å²) in [6.45, 7) is 2.89. The summed E-state index contributed by atoms with van der Waals surface area (Å²) >= 11 is 5.96. The SMILES string of the molecule is Cn1cnc2ccc([C@@H]3CN(Cc4cc(F)cc(Cl)c4)CCO3)cc21. The number of halogens is 2. The minimum Gasteiger partial charge on any atom is -0.371 e. The Balaban J connectivity index is 1.52. The maximum absolute atomic E-state index is 13.5. The van der Waals surface area contributed by atoms with Crippen molar-refractivity contribution in [2.75, 3.05) is 19.7 Å². The minimum absolute atomic E-state index is 0.00270. The molecule has 4 rings (SSSR count). The van der Waals surface area contributed by atoms with Gasteiger partial charge in [0.15, 0.2) is 0 Å². The van der Waals surface area contributed by atoms with Crippen molar-refractivity contribution in [3.63, 3.8) is 0 Å². The van der Waals surface area contributed by atoms with Gasteiger partial charge in [-0.1, -0.05) is 17.7 Å². The average molecular weight is 360 g/mol. The number of nitrogens with zero attached hydrogens (tertiary/aromatic N) is 3. The van der Waals surface area contributed by atoms with E-state index in [2.05, 4.69) is 22.0 Å². The van der Waals surface area contributed by atoms with Crippen molar-refractivity contribution in [1.29, 1.82) is 0 Å². The smallest absolute Gasteiger partial charge is 0.125 e. The van der Waals surface area contributed by atoms with Gasteiger partial charge in [0.1, 0.15) is 5.82 Å². The van der Waals surface area contributed by atoms with E-state index in [0.29, 0.717) is 18.2 Å². The zero-order chi connectivity index (χ0) is 17.4. The van der Waals surface area contributed by atoms with Gasteiger partial charge in [-0.05, 0) is 41.5 Å². The Morgan fingerprint density at radius 2 is 2.16 bits per heavy atom. The quantitative estimate of drug-likeness (QED) is 0.709. The summed E-state index contributed by atoms with van der Waals surface area (Å²) in [7, 11) is 1.99. The normalized spacial score (nSPS) is 18.8. The molecule has 1 fully saturated rings. The molecule has 0 saturated carbocycles. The van der Waals surface area contributed by atoms with Crippen LogP contribution in [0.15, 0.2) is 42.7 Å². The molecule has 0 amide bonds. The number of fused-ring (bicyclic) bond motifs is 1. The van der Waals surface area contributed by atoms with Gasteiger partial charge < -0.3 is 9.30 Å². The van der Waals surface area contributed by atoms with Crippen molar-refractivity contribution < 1.29 is 9.13 Å². The fraction of sp³-hybridized carbons (Fsp3) is 0.316. The van der Waals surface area contributed by atoms with Gasteiger partial charge in [-0.2, -0.15) is 0 Å². The summed E-state index contributed by atoms with van der Waals surface area (Å²) in [4.78, 5) is 6.63. The molecule has 1 saturated heterocycles. The Morgan fingerprint density at radius 3 is 3.00 bits per heavy atom. The first-order valence-corrected chi connectivity index (χ1v) is 8.66. The maximum atomic E-state index is 13.5. The molecule has 1 aromatic heterocycles. The predicted molar refractivity (Wildman–Crippen MR) is 96.1 cm³/mol. The van der Waals surface area contributed by atoms with Crippen LogP contribution in [0.1, 0.15) is 17.2 Å². The van der Waals surface area contributed by atoms with Gasteiger partial charge >= 0.3 is 0 Å². The first kappa shape index (κ1) is 16.5. The lowest BCUT2D eigenvalue weighted by Crippen LogP contribution is -2.37. The van der Waals surface area contributed by atoms with Gasteiger partial charge in [0.2, 0.25) is 0 Å². The van der Waals surface area contributed by atoms with Crippen LogP contribution in [0.4, 0.5) is 4.39 Å². The molecule has 6 heteroatoms. The van der Waals surface area contributed by atoms with Gasteiger partial charge in [-0.3, -0.25) is 4.90 Å². The van der Waals surface area contributed by atoms with E-state index < -0.39 is 0 Å². The fourth-order valence-electron chi connectivity index (χ4n) is 3.35. The first-order valence-electron chi connectivity index (χ1n) is 8.28. The van der Waals surface area contributed by atoms with Crippen molar-refractivity contribution >= 4 is 22.6 Å². The standard InChI is InChI=1S/C19H19ClFN3O/c1-23-12-22-17-3-2-14(8-18(17)23)19-11-24(4-5-25-19)10-13-6-15(20)9-16(21)7-13/h2-3,6-9,12,19H,4-5,10-11H2,1H3/t19-/m0/s1. The average Bonchev–Trinajstić information content (AvgIpc) is 2.95. The Labute approximate surface area is 150 Å². The molecule has 3 aromatic rings. The minimum atomic E-state index is -0.297. The third kappa shape index (κ3) is 3.54. The lowest BCUT2D eigenvalue weighted by Gasteiger charge is -2.33. The maximum Gasteiger partial charge on any atom is 0.125 e. The van der Waals surface area contributed by atoms with E-state index in [9.17, 15) is 4.39 Å². The highest BCUT2D eigenvalue weighted by Gasteiger charge is 2.23. The number of imidazole rings is 1. The summed E-state index contributed by atoms with van der Waals surface area (Å²) in [6, 6.07) is 10.9.